The standard InChI is InChI=1S/C17H23BrFN3O/c1-2-20-16(21-10-13-9-14(19)3-4-15(13)18)22-7-5-17(11-22)6-8-23-12-17/h3-4,9H,2,5-8,10-12H2,1H3,(H,20,21). The van der Waals surface area contributed by atoms with Gasteiger partial charge in [-0.05, 0) is 43.5 Å². The number of benzene rings is 1. The van der Waals surface area contributed by atoms with E-state index >= 15 is 0 Å². The lowest BCUT2D eigenvalue weighted by Gasteiger charge is -2.25. The van der Waals surface area contributed by atoms with Gasteiger partial charge < -0.3 is 15.0 Å². The average molecular weight is 384 g/mol. The topological polar surface area (TPSA) is 36.9 Å². The smallest absolute Gasteiger partial charge is 0.194 e. The molecule has 6 heteroatoms. The van der Waals surface area contributed by atoms with Crippen molar-refractivity contribution in [1.82, 2.24) is 10.2 Å². The summed E-state index contributed by atoms with van der Waals surface area (Å²) in [4.78, 5) is 7.03. The van der Waals surface area contributed by atoms with Crippen molar-refractivity contribution in [3.8, 4) is 0 Å². The van der Waals surface area contributed by atoms with Gasteiger partial charge in [-0.2, -0.15) is 0 Å². The molecule has 4 nitrogen and oxygen atoms in total. The molecule has 1 N–H and O–H groups in total. The van der Waals surface area contributed by atoms with E-state index in [4.69, 9.17) is 9.73 Å². The molecule has 2 saturated heterocycles. The molecule has 2 aliphatic heterocycles. The van der Waals surface area contributed by atoms with Crippen LogP contribution in [0, 0.1) is 11.2 Å². The number of hydrogen-bond donors (Lipinski definition) is 1. The monoisotopic (exact) mass is 383 g/mol. The fourth-order valence-corrected chi connectivity index (χ4v) is 3.71. The van der Waals surface area contributed by atoms with Crippen molar-refractivity contribution < 1.29 is 9.13 Å². The van der Waals surface area contributed by atoms with Crippen molar-refractivity contribution >= 4 is 21.9 Å². The van der Waals surface area contributed by atoms with E-state index in [1.807, 2.05) is 0 Å². The number of hydrogen-bond acceptors (Lipinski definition) is 2. The lowest BCUT2D eigenvalue weighted by Crippen LogP contribution is -2.41. The van der Waals surface area contributed by atoms with E-state index in [2.05, 4.69) is 33.1 Å². The van der Waals surface area contributed by atoms with Crippen LogP contribution in [0.4, 0.5) is 4.39 Å². The van der Waals surface area contributed by atoms with Gasteiger partial charge >= 0.3 is 0 Å². The zero-order valence-electron chi connectivity index (χ0n) is 13.4. The molecule has 1 spiro atoms. The van der Waals surface area contributed by atoms with Gasteiger partial charge in [-0.25, -0.2) is 9.38 Å². The fraction of sp³-hybridized carbons (Fsp3) is 0.588. The third-order valence-electron chi connectivity index (χ3n) is 4.66. The van der Waals surface area contributed by atoms with Crippen molar-refractivity contribution in [2.24, 2.45) is 10.4 Å². The minimum atomic E-state index is -0.230. The first-order valence-electron chi connectivity index (χ1n) is 8.17. The number of ether oxygens (including phenoxy) is 1. The first-order valence-corrected chi connectivity index (χ1v) is 8.96. The second-order valence-electron chi connectivity index (χ2n) is 6.38. The largest absolute Gasteiger partial charge is 0.381 e. The van der Waals surface area contributed by atoms with Crippen molar-refractivity contribution in [3.05, 3.63) is 34.1 Å². The normalized spacial score (nSPS) is 24.7. The Morgan fingerprint density at radius 1 is 1.48 bits per heavy atom. The van der Waals surface area contributed by atoms with Gasteiger partial charge in [-0.15, -0.1) is 0 Å². The van der Waals surface area contributed by atoms with Crippen LogP contribution >= 0.6 is 15.9 Å². The third kappa shape index (κ3) is 3.86. The number of nitrogens with one attached hydrogen (secondary N) is 1. The highest BCUT2D eigenvalue weighted by Gasteiger charge is 2.42. The molecular weight excluding hydrogens is 361 g/mol. The maximum absolute atomic E-state index is 13.4. The summed E-state index contributed by atoms with van der Waals surface area (Å²) < 4.78 is 19.9. The summed E-state index contributed by atoms with van der Waals surface area (Å²) in [6.07, 6.45) is 2.29. The molecule has 0 radical (unpaired) electrons. The summed E-state index contributed by atoms with van der Waals surface area (Å²) in [7, 11) is 0. The van der Waals surface area contributed by atoms with Gasteiger partial charge in [0.2, 0.25) is 0 Å². The van der Waals surface area contributed by atoms with Gasteiger partial charge in [0, 0.05) is 36.1 Å². The van der Waals surface area contributed by atoms with E-state index in [1.54, 1.807) is 6.07 Å². The highest BCUT2D eigenvalue weighted by atomic mass is 79.9. The van der Waals surface area contributed by atoms with Crippen LogP contribution in [0.15, 0.2) is 27.7 Å². The molecule has 2 aliphatic rings. The molecule has 1 aromatic carbocycles. The predicted octanol–water partition coefficient (Wildman–Crippen LogP) is 3.17. The van der Waals surface area contributed by atoms with Gasteiger partial charge in [0.25, 0.3) is 0 Å². The molecule has 0 amide bonds. The number of likely N-dealkylation sites (tertiary alicyclic amines) is 1. The lowest BCUT2D eigenvalue weighted by atomic mass is 9.87. The Labute approximate surface area is 145 Å². The maximum atomic E-state index is 13.4. The molecule has 0 aromatic heterocycles. The highest BCUT2D eigenvalue weighted by Crippen LogP contribution is 2.38. The molecule has 1 unspecified atom stereocenters. The molecular formula is C17H23BrFN3O. The molecule has 0 bridgehead atoms. The maximum Gasteiger partial charge on any atom is 0.194 e. The molecule has 2 fully saturated rings. The molecule has 126 valence electrons. The summed E-state index contributed by atoms with van der Waals surface area (Å²) in [5.41, 5.74) is 1.16. The Balaban J connectivity index is 1.72. The van der Waals surface area contributed by atoms with Crippen LogP contribution in [0.5, 0.6) is 0 Å². The van der Waals surface area contributed by atoms with Crippen LogP contribution in [-0.2, 0) is 11.3 Å². The highest BCUT2D eigenvalue weighted by molar-refractivity contribution is 9.10. The SMILES string of the molecule is CCNC(=NCc1cc(F)ccc1Br)N1CCC2(CCOC2)C1. The Morgan fingerprint density at radius 2 is 2.35 bits per heavy atom. The summed E-state index contributed by atoms with van der Waals surface area (Å²) in [5, 5.41) is 3.36. The van der Waals surface area contributed by atoms with Gasteiger partial charge in [0.15, 0.2) is 5.96 Å². The van der Waals surface area contributed by atoms with Crippen molar-refractivity contribution in [1.29, 1.82) is 0 Å². The number of nitrogens with zero attached hydrogens (tertiary/aromatic N) is 2. The quantitative estimate of drug-likeness (QED) is 0.643. The summed E-state index contributed by atoms with van der Waals surface area (Å²) in [5.74, 6) is 0.680. The van der Waals surface area contributed by atoms with Crippen molar-refractivity contribution in [2.75, 3.05) is 32.8 Å². The second-order valence-corrected chi connectivity index (χ2v) is 7.23. The van der Waals surface area contributed by atoms with Crippen LogP contribution in [-0.4, -0.2) is 43.7 Å². The van der Waals surface area contributed by atoms with E-state index in [0.29, 0.717) is 12.0 Å². The van der Waals surface area contributed by atoms with E-state index in [0.717, 1.165) is 61.7 Å². The fourth-order valence-electron chi connectivity index (χ4n) is 3.34. The molecule has 1 aromatic rings. The Morgan fingerprint density at radius 3 is 3.09 bits per heavy atom. The number of guanidine groups is 1. The van der Waals surface area contributed by atoms with Crippen LogP contribution in [0.2, 0.25) is 0 Å². The van der Waals surface area contributed by atoms with Crippen LogP contribution in [0.1, 0.15) is 25.3 Å². The van der Waals surface area contributed by atoms with E-state index in [-0.39, 0.29) is 5.82 Å². The first kappa shape index (κ1) is 16.7. The molecule has 0 aliphatic carbocycles. The Hall–Kier alpha value is -1.14. The van der Waals surface area contributed by atoms with Crippen LogP contribution in [0.3, 0.4) is 0 Å². The van der Waals surface area contributed by atoms with Gasteiger partial charge in [-0.1, -0.05) is 15.9 Å². The van der Waals surface area contributed by atoms with Crippen LogP contribution < -0.4 is 5.32 Å². The van der Waals surface area contributed by atoms with E-state index in [1.165, 1.54) is 12.1 Å². The van der Waals surface area contributed by atoms with Gasteiger partial charge in [0.05, 0.1) is 13.2 Å². The molecule has 0 saturated carbocycles. The summed E-state index contributed by atoms with van der Waals surface area (Å²) in [6, 6.07) is 4.72. The minimum absolute atomic E-state index is 0.230. The molecule has 2 heterocycles. The number of halogens is 2. The van der Waals surface area contributed by atoms with Crippen molar-refractivity contribution in [2.45, 2.75) is 26.3 Å². The summed E-state index contributed by atoms with van der Waals surface area (Å²) >= 11 is 3.47. The zero-order valence-corrected chi connectivity index (χ0v) is 15.0. The van der Waals surface area contributed by atoms with Crippen LogP contribution in [0.25, 0.3) is 0 Å². The Bertz CT molecular complexity index is 587. The van der Waals surface area contributed by atoms with Gasteiger partial charge in [-0.3, -0.25) is 0 Å². The molecule has 3 rings (SSSR count). The van der Waals surface area contributed by atoms with E-state index in [9.17, 15) is 4.39 Å². The number of rotatable bonds is 3. The summed E-state index contributed by atoms with van der Waals surface area (Å²) in [6.45, 7) is 7.07. The predicted molar refractivity (Wildman–Crippen MR) is 93.0 cm³/mol. The first-order chi connectivity index (χ1) is 11.1. The molecule has 1 atom stereocenters. The van der Waals surface area contributed by atoms with Crippen molar-refractivity contribution in [3.63, 3.8) is 0 Å². The Kier molecular flexibility index (Phi) is 5.21. The lowest BCUT2D eigenvalue weighted by molar-refractivity contribution is 0.156. The number of aliphatic imine (C=N–C) groups is 1. The average Bonchev–Trinajstić information content (AvgIpc) is 3.17. The van der Waals surface area contributed by atoms with E-state index < -0.39 is 0 Å². The zero-order chi connectivity index (χ0) is 16.3. The molecule has 23 heavy (non-hydrogen) atoms. The third-order valence-corrected chi connectivity index (χ3v) is 5.44. The van der Waals surface area contributed by atoms with Gasteiger partial charge in [0.1, 0.15) is 5.82 Å². The minimum Gasteiger partial charge on any atom is -0.381 e. The second kappa shape index (κ2) is 7.18.